The first-order valence-electron chi connectivity index (χ1n) is 7.89. The lowest BCUT2D eigenvalue weighted by atomic mass is 10.2. The Labute approximate surface area is 142 Å². The quantitative estimate of drug-likeness (QED) is 0.884. The largest absolute Gasteiger partial charge is 0.465 e. The van der Waals surface area contributed by atoms with Gasteiger partial charge in [-0.05, 0) is 12.1 Å². The summed E-state index contributed by atoms with van der Waals surface area (Å²) in [5.41, 5.74) is 0.859. The number of benzene rings is 1. The van der Waals surface area contributed by atoms with Gasteiger partial charge in [0.2, 0.25) is 0 Å². The van der Waals surface area contributed by atoms with Crippen molar-refractivity contribution in [1.29, 1.82) is 0 Å². The normalized spacial score (nSPS) is 23.9. The molecule has 2 aromatic rings. The van der Waals surface area contributed by atoms with Crippen molar-refractivity contribution in [2.45, 2.75) is 6.04 Å². The van der Waals surface area contributed by atoms with Crippen LogP contribution >= 0.6 is 0 Å². The Morgan fingerprint density at radius 2 is 1.88 bits per heavy atom. The number of nitrogens with one attached hydrogen (secondary N) is 1. The van der Waals surface area contributed by atoms with Gasteiger partial charge in [-0.2, -0.15) is 0 Å². The zero-order chi connectivity index (χ0) is 17.6. The molecule has 1 aliphatic carbocycles. The third-order valence-electron chi connectivity index (χ3n) is 4.76. The summed E-state index contributed by atoms with van der Waals surface area (Å²) in [5.74, 6) is 0.0576. The van der Waals surface area contributed by atoms with Crippen LogP contribution in [-0.2, 0) is 0 Å². The van der Waals surface area contributed by atoms with Crippen LogP contribution in [0.4, 0.5) is 9.18 Å². The highest BCUT2D eigenvalue weighted by atomic mass is 19.1. The predicted octanol–water partition coefficient (Wildman–Crippen LogP) is 1.62. The zero-order valence-corrected chi connectivity index (χ0v) is 13.1. The Bertz CT molecular complexity index is 830. The van der Waals surface area contributed by atoms with E-state index in [1.54, 1.807) is 12.1 Å². The van der Waals surface area contributed by atoms with Crippen molar-refractivity contribution in [2.75, 3.05) is 13.1 Å². The number of likely N-dealkylation sites (tertiary alicyclic amines) is 1. The van der Waals surface area contributed by atoms with Gasteiger partial charge in [0.1, 0.15) is 5.82 Å². The van der Waals surface area contributed by atoms with E-state index < -0.39 is 6.09 Å². The number of carboxylic acid groups (broad SMARTS) is 1. The maximum absolute atomic E-state index is 13.2. The SMILES string of the molecule is O=C(N[C@H]1[C@@H]2CN(C(=O)O)C[C@@H]21)c1cnc(-c2cccc(F)c2)nc1. The molecular formula is C17H15FN4O3. The van der Waals surface area contributed by atoms with Gasteiger partial charge in [0.05, 0.1) is 5.56 Å². The first-order valence-corrected chi connectivity index (χ1v) is 7.89. The molecule has 0 bridgehead atoms. The number of halogens is 1. The van der Waals surface area contributed by atoms with E-state index in [-0.39, 0.29) is 29.6 Å². The predicted molar refractivity (Wildman–Crippen MR) is 85.3 cm³/mol. The molecule has 4 rings (SSSR count). The highest BCUT2D eigenvalue weighted by molar-refractivity contribution is 5.94. The van der Waals surface area contributed by atoms with E-state index in [2.05, 4.69) is 15.3 Å². The molecule has 3 atom stereocenters. The molecule has 0 radical (unpaired) electrons. The Morgan fingerprint density at radius 1 is 1.20 bits per heavy atom. The Hall–Kier alpha value is -3.03. The third-order valence-corrected chi connectivity index (χ3v) is 4.76. The Balaban J connectivity index is 1.38. The van der Waals surface area contributed by atoms with Crippen molar-refractivity contribution in [1.82, 2.24) is 20.2 Å². The molecule has 0 spiro atoms. The number of hydrogen-bond donors (Lipinski definition) is 2. The molecule has 2 fully saturated rings. The van der Waals surface area contributed by atoms with Crippen LogP contribution in [0, 0.1) is 17.7 Å². The van der Waals surface area contributed by atoms with Gasteiger partial charge in [0.25, 0.3) is 5.91 Å². The molecule has 8 heteroatoms. The second-order valence-electron chi connectivity index (χ2n) is 6.32. The van der Waals surface area contributed by atoms with Crippen molar-refractivity contribution in [3.63, 3.8) is 0 Å². The summed E-state index contributed by atoms with van der Waals surface area (Å²) in [7, 11) is 0. The standard InChI is InChI=1S/C17H15FN4O3/c18-11-3-1-2-9(4-11)15-19-5-10(6-20-15)16(23)21-14-12-7-22(17(24)25)8-13(12)14/h1-6,12-14H,7-8H2,(H,21,23)(H,24,25)/t12-,13+,14+. The summed E-state index contributed by atoms with van der Waals surface area (Å²) < 4.78 is 13.2. The van der Waals surface area contributed by atoms with Crippen LogP contribution in [0.3, 0.4) is 0 Å². The minimum atomic E-state index is -0.918. The van der Waals surface area contributed by atoms with E-state index >= 15 is 0 Å². The van der Waals surface area contributed by atoms with Gasteiger partial charge >= 0.3 is 6.09 Å². The number of amides is 2. The second-order valence-corrected chi connectivity index (χ2v) is 6.32. The maximum Gasteiger partial charge on any atom is 0.407 e. The molecule has 1 aromatic carbocycles. The fourth-order valence-corrected chi connectivity index (χ4v) is 3.35. The molecule has 1 saturated heterocycles. The Kier molecular flexibility index (Phi) is 3.60. The van der Waals surface area contributed by atoms with Crippen LogP contribution < -0.4 is 5.32 Å². The molecule has 1 saturated carbocycles. The molecule has 0 unspecified atom stereocenters. The fourth-order valence-electron chi connectivity index (χ4n) is 3.35. The Morgan fingerprint density at radius 3 is 2.48 bits per heavy atom. The molecule has 1 aliphatic heterocycles. The van der Waals surface area contributed by atoms with E-state index in [1.807, 2.05) is 0 Å². The number of carbonyl (C=O) groups excluding carboxylic acids is 1. The molecule has 2 heterocycles. The molecule has 2 aliphatic rings. The number of nitrogens with zero attached hydrogens (tertiary/aromatic N) is 3. The lowest BCUT2D eigenvalue weighted by Gasteiger charge is -2.16. The van der Waals surface area contributed by atoms with Crippen molar-refractivity contribution >= 4 is 12.0 Å². The van der Waals surface area contributed by atoms with Crippen molar-refractivity contribution in [3.8, 4) is 11.4 Å². The topological polar surface area (TPSA) is 95.4 Å². The first kappa shape index (κ1) is 15.5. The molecule has 7 nitrogen and oxygen atoms in total. The molecule has 2 N–H and O–H groups in total. The minimum absolute atomic E-state index is 0.00555. The lowest BCUT2D eigenvalue weighted by molar-refractivity contribution is 0.0942. The summed E-state index contributed by atoms with van der Waals surface area (Å²) in [6.07, 6.45) is 1.90. The van der Waals surface area contributed by atoms with E-state index in [0.29, 0.717) is 30.0 Å². The van der Waals surface area contributed by atoms with Gasteiger partial charge in [0.15, 0.2) is 5.82 Å². The van der Waals surface area contributed by atoms with Crippen LogP contribution in [0.25, 0.3) is 11.4 Å². The fraction of sp³-hybridized carbons (Fsp3) is 0.294. The molecule has 1 aromatic heterocycles. The average molecular weight is 342 g/mol. The van der Waals surface area contributed by atoms with Gasteiger partial charge in [-0.15, -0.1) is 0 Å². The number of hydrogen-bond acceptors (Lipinski definition) is 4. The monoisotopic (exact) mass is 342 g/mol. The van der Waals surface area contributed by atoms with Crippen LogP contribution in [0.15, 0.2) is 36.7 Å². The van der Waals surface area contributed by atoms with Gasteiger partial charge < -0.3 is 15.3 Å². The van der Waals surface area contributed by atoms with Crippen molar-refractivity contribution in [2.24, 2.45) is 11.8 Å². The second kappa shape index (κ2) is 5.80. The molecule has 128 valence electrons. The third kappa shape index (κ3) is 2.90. The number of carbonyl (C=O) groups is 2. The summed E-state index contributed by atoms with van der Waals surface area (Å²) in [6, 6.07) is 5.93. The number of rotatable bonds is 3. The van der Waals surface area contributed by atoms with Crippen LogP contribution in [0.1, 0.15) is 10.4 Å². The van der Waals surface area contributed by atoms with E-state index in [4.69, 9.17) is 5.11 Å². The molecular weight excluding hydrogens is 327 g/mol. The van der Waals surface area contributed by atoms with E-state index in [9.17, 15) is 14.0 Å². The van der Waals surface area contributed by atoms with Crippen LogP contribution in [-0.4, -0.2) is 51.1 Å². The highest BCUT2D eigenvalue weighted by Gasteiger charge is 2.57. The van der Waals surface area contributed by atoms with Crippen molar-refractivity contribution < 1.29 is 19.1 Å². The van der Waals surface area contributed by atoms with E-state index in [0.717, 1.165) is 0 Å². The molecule has 2 amide bonds. The van der Waals surface area contributed by atoms with Crippen LogP contribution in [0.5, 0.6) is 0 Å². The van der Waals surface area contributed by atoms with Crippen molar-refractivity contribution in [3.05, 3.63) is 48.0 Å². The summed E-state index contributed by atoms with van der Waals surface area (Å²) >= 11 is 0. The average Bonchev–Trinajstić information content (AvgIpc) is 3.04. The summed E-state index contributed by atoms with van der Waals surface area (Å²) in [4.78, 5) is 32.8. The highest BCUT2D eigenvalue weighted by Crippen LogP contribution is 2.45. The zero-order valence-electron chi connectivity index (χ0n) is 13.1. The van der Waals surface area contributed by atoms with E-state index in [1.165, 1.54) is 29.4 Å². The van der Waals surface area contributed by atoms with Crippen LogP contribution in [0.2, 0.25) is 0 Å². The maximum atomic E-state index is 13.2. The molecule has 25 heavy (non-hydrogen) atoms. The minimum Gasteiger partial charge on any atom is -0.465 e. The van der Waals surface area contributed by atoms with Gasteiger partial charge in [-0.1, -0.05) is 12.1 Å². The van der Waals surface area contributed by atoms with Gasteiger partial charge in [-0.25, -0.2) is 19.2 Å². The number of aromatic nitrogens is 2. The number of piperidine rings is 1. The van der Waals surface area contributed by atoms with Gasteiger partial charge in [-0.3, -0.25) is 4.79 Å². The lowest BCUT2D eigenvalue weighted by Crippen LogP contribution is -2.36. The summed E-state index contributed by atoms with van der Waals surface area (Å²) in [5, 5.41) is 11.8. The summed E-state index contributed by atoms with van der Waals surface area (Å²) in [6.45, 7) is 0.917. The first-order chi connectivity index (χ1) is 12.0. The van der Waals surface area contributed by atoms with Gasteiger partial charge in [0, 0.05) is 48.9 Å². The number of fused-ring (bicyclic) bond motifs is 1. The smallest absolute Gasteiger partial charge is 0.407 e.